The SMILES string of the molecule is Cc1cccc(N2N=NC[C@@H]2c2ccncc2)c1. The summed E-state index contributed by atoms with van der Waals surface area (Å²) in [4.78, 5) is 4.05. The minimum absolute atomic E-state index is 0.176. The Bertz CT molecular complexity index is 565. The first-order chi connectivity index (χ1) is 8.84. The predicted octanol–water partition coefficient (Wildman–Crippen LogP) is 3.32. The van der Waals surface area contributed by atoms with E-state index in [9.17, 15) is 0 Å². The molecule has 18 heavy (non-hydrogen) atoms. The lowest BCUT2D eigenvalue weighted by Gasteiger charge is -2.22. The van der Waals surface area contributed by atoms with Gasteiger partial charge in [-0.3, -0.25) is 4.98 Å². The van der Waals surface area contributed by atoms with Crippen LogP contribution in [0, 0.1) is 6.92 Å². The van der Waals surface area contributed by atoms with Crippen LogP contribution in [-0.4, -0.2) is 11.5 Å². The lowest BCUT2D eigenvalue weighted by molar-refractivity contribution is 0.730. The van der Waals surface area contributed by atoms with E-state index in [0.29, 0.717) is 6.54 Å². The Hall–Kier alpha value is -2.23. The molecule has 1 aliphatic heterocycles. The van der Waals surface area contributed by atoms with Crippen LogP contribution in [0.4, 0.5) is 5.69 Å². The van der Waals surface area contributed by atoms with Gasteiger partial charge in [-0.15, -0.1) is 0 Å². The van der Waals surface area contributed by atoms with Gasteiger partial charge in [0, 0.05) is 12.4 Å². The molecular weight excluding hydrogens is 224 g/mol. The van der Waals surface area contributed by atoms with Crippen LogP contribution in [-0.2, 0) is 0 Å². The van der Waals surface area contributed by atoms with Crippen molar-refractivity contribution in [2.75, 3.05) is 11.6 Å². The number of rotatable bonds is 2. The van der Waals surface area contributed by atoms with Gasteiger partial charge in [-0.1, -0.05) is 17.4 Å². The van der Waals surface area contributed by atoms with Crippen LogP contribution in [0.5, 0.6) is 0 Å². The Morgan fingerprint density at radius 3 is 2.78 bits per heavy atom. The van der Waals surface area contributed by atoms with Gasteiger partial charge in [-0.05, 0) is 42.3 Å². The predicted molar refractivity (Wildman–Crippen MR) is 70.4 cm³/mol. The second kappa shape index (κ2) is 4.56. The smallest absolute Gasteiger partial charge is 0.101 e. The maximum Gasteiger partial charge on any atom is 0.101 e. The fraction of sp³-hybridized carbons (Fsp3) is 0.214. The topological polar surface area (TPSA) is 40.9 Å². The largest absolute Gasteiger partial charge is 0.265 e. The number of anilines is 1. The molecular formula is C14H14N4. The number of hydrogen-bond acceptors (Lipinski definition) is 4. The molecule has 0 aliphatic carbocycles. The van der Waals surface area contributed by atoms with Crippen molar-refractivity contribution in [3.8, 4) is 0 Å². The van der Waals surface area contributed by atoms with Crippen molar-refractivity contribution >= 4 is 5.69 Å². The van der Waals surface area contributed by atoms with Gasteiger partial charge in [0.15, 0.2) is 0 Å². The third-order valence-corrected chi connectivity index (χ3v) is 3.07. The molecule has 0 spiro atoms. The molecule has 0 radical (unpaired) electrons. The summed E-state index contributed by atoms with van der Waals surface area (Å²) in [6, 6.07) is 12.5. The van der Waals surface area contributed by atoms with Gasteiger partial charge in [0.05, 0.1) is 12.2 Å². The van der Waals surface area contributed by atoms with Gasteiger partial charge < -0.3 is 0 Å². The lowest BCUT2D eigenvalue weighted by atomic mass is 10.1. The first kappa shape index (κ1) is 10.9. The maximum absolute atomic E-state index is 4.24. The maximum atomic E-state index is 4.24. The summed E-state index contributed by atoms with van der Waals surface area (Å²) < 4.78 is 0. The zero-order valence-corrected chi connectivity index (χ0v) is 10.2. The standard InChI is InChI=1S/C14H14N4/c1-11-3-2-4-13(9-11)18-14(10-16-17-18)12-5-7-15-8-6-12/h2-9,14H,10H2,1H3/t14-/m1/s1. The highest BCUT2D eigenvalue weighted by Crippen LogP contribution is 2.31. The van der Waals surface area contributed by atoms with E-state index in [4.69, 9.17) is 0 Å². The van der Waals surface area contributed by atoms with E-state index >= 15 is 0 Å². The van der Waals surface area contributed by atoms with Crippen molar-refractivity contribution in [2.45, 2.75) is 13.0 Å². The fourth-order valence-corrected chi connectivity index (χ4v) is 2.16. The van der Waals surface area contributed by atoms with Crippen LogP contribution < -0.4 is 5.01 Å². The minimum atomic E-state index is 0.176. The van der Waals surface area contributed by atoms with Crippen LogP contribution in [0.15, 0.2) is 59.1 Å². The van der Waals surface area contributed by atoms with Crippen LogP contribution in [0.2, 0.25) is 0 Å². The molecule has 1 aliphatic rings. The molecule has 1 atom stereocenters. The first-order valence-corrected chi connectivity index (χ1v) is 5.98. The summed E-state index contributed by atoms with van der Waals surface area (Å²) in [5, 5.41) is 10.4. The zero-order chi connectivity index (χ0) is 12.4. The number of pyridine rings is 1. The van der Waals surface area contributed by atoms with Crippen LogP contribution >= 0.6 is 0 Å². The van der Waals surface area contributed by atoms with Crippen LogP contribution in [0.3, 0.4) is 0 Å². The molecule has 0 bridgehead atoms. The van der Waals surface area contributed by atoms with Gasteiger partial charge in [-0.2, -0.15) is 5.11 Å². The Morgan fingerprint density at radius 2 is 2.00 bits per heavy atom. The summed E-state index contributed by atoms with van der Waals surface area (Å²) in [5.74, 6) is 0. The summed E-state index contributed by atoms with van der Waals surface area (Å²) in [6.45, 7) is 2.77. The molecule has 0 saturated heterocycles. The highest BCUT2D eigenvalue weighted by molar-refractivity contribution is 5.50. The van der Waals surface area contributed by atoms with Gasteiger partial charge in [0.2, 0.25) is 0 Å². The number of nitrogens with zero attached hydrogens (tertiary/aromatic N) is 4. The zero-order valence-electron chi connectivity index (χ0n) is 10.2. The lowest BCUT2D eigenvalue weighted by Crippen LogP contribution is -2.20. The normalized spacial score (nSPS) is 18.3. The Kier molecular flexibility index (Phi) is 2.76. The van der Waals surface area contributed by atoms with Gasteiger partial charge in [0.25, 0.3) is 0 Å². The fourth-order valence-electron chi connectivity index (χ4n) is 2.16. The van der Waals surface area contributed by atoms with Crippen LogP contribution in [0.25, 0.3) is 0 Å². The van der Waals surface area contributed by atoms with E-state index in [1.54, 1.807) is 0 Å². The molecule has 0 saturated carbocycles. The Balaban J connectivity index is 1.94. The molecule has 1 aromatic heterocycles. The molecule has 4 nitrogen and oxygen atoms in total. The average Bonchev–Trinajstić information content (AvgIpc) is 2.89. The number of aryl methyl sites for hydroxylation is 1. The number of aromatic nitrogens is 1. The van der Waals surface area contributed by atoms with E-state index in [2.05, 4.69) is 40.4 Å². The highest BCUT2D eigenvalue weighted by atomic mass is 15.6. The summed E-state index contributed by atoms with van der Waals surface area (Å²) in [5.41, 5.74) is 3.50. The van der Waals surface area contributed by atoms with E-state index < -0.39 is 0 Å². The molecule has 0 amide bonds. The van der Waals surface area contributed by atoms with Gasteiger partial charge in [-0.25, -0.2) is 5.01 Å². The van der Waals surface area contributed by atoms with E-state index in [-0.39, 0.29) is 6.04 Å². The highest BCUT2D eigenvalue weighted by Gasteiger charge is 2.25. The Labute approximate surface area is 106 Å². The molecule has 4 heteroatoms. The molecule has 2 heterocycles. The van der Waals surface area contributed by atoms with Crippen molar-refractivity contribution in [3.05, 3.63) is 59.9 Å². The van der Waals surface area contributed by atoms with Crippen molar-refractivity contribution in [1.82, 2.24) is 4.98 Å². The number of benzene rings is 1. The van der Waals surface area contributed by atoms with Crippen molar-refractivity contribution in [2.24, 2.45) is 10.3 Å². The molecule has 0 N–H and O–H groups in total. The molecule has 0 unspecified atom stereocenters. The van der Waals surface area contributed by atoms with Crippen molar-refractivity contribution < 1.29 is 0 Å². The van der Waals surface area contributed by atoms with E-state index in [0.717, 1.165) is 5.69 Å². The molecule has 90 valence electrons. The van der Waals surface area contributed by atoms with E-state index in [1.807, 2.05) is 35.6 Å². The number of hydrogen-bond donors (Lipinski definition) is 0. The molecule has 2 aromatic rings. The second-order valence-corrected chi connectivity index (χ2v) is 4.39. The molecule has 0 fully saturated rings. The average molecular weight is 238 g/mol. The van der Waals surface area contributed by atoms with Crippen molar-refractivity contribution in [1.29, 1.82) is 0 Å². The monoisotopic (exact) mass is 238 g/mol. The minimum Gasteiger partial charge on any atom is -0.265 e. The molecule has 1 aromatic carbocycles. The molecule has 3 rings (SSSR count). The third-order valence-electron chi connectivity index (χ3n) is 3.07. The second-order valence-electron chi connectivity index (χ2n) is 4.39. The Morgan fingerprint density at radius 1 is 1.17 bits per heavy atom. The first-order valence-electron chi connectivity index (χ1n) is 5.98. The quantitative estimate of drug-likeness (QED) is 0.805. The van der Waals surface area contributed by atoms with Crippen LogP contribution in [0.1, 0.15) is 17.2 Å². The van der Waals surface area contributed by atoms with Crippen molar-refractivity contribution in [3.63, 3.8) is 0 Å². The third kappa shape index (κ3) is 1.97. The summed E-state index contributed by atoms with van der Waals surface area (Å²) >= 11 is 0. The summed E-state index contributed by atoms with van der Waals surface area (Å²) in [7, 11) is 0. The summed E-state index contributed by atoms with van der Waals surface area (Å²) in [6.07, 6.45) is 3.62. The van der Waals surface area contributed by atoms with Gasteiger partial charge in [0.1, 0.15) is 6.04 Å². The van der Waals surface area contributed by atoms with Gasteiger partial charge >= 0.3 is 0 Å². The van der Waals surface area contributed by atoms with E-state index in [1.165, 1.54) is 11.1 Å².